The predicted octanol–water partition coefficient (Wildman–Crippen LogP) is 1.33. The number of hydrogen-bond donors (Lipinski definition) is 1. The van der Waals surface area contributed by atoms with Crippen molar-refractivity contribution in [2.45, 2.75) is 32.6 Å². The van der Waals surface area contributed by atoms with Gasteiger partial charge in [0.2, 0.25) is 0 Å². The number of carboxylic acids is 1. The van der Waals surface area contributed by atoms with Crippen LogP contribution >= 0.6 is 0 Å². The van der Waals surface area contributed by atoms with E-state index in [1.807, 2.05) is 6.92 Å². The van der Waals surface area contributed by atoms with Gasteiger partial charge in [0.1, 0.15) is 5.69 Å². The Kier molecular flexibility index (Phi) is 5.41. The molecule has 1 aliphatic rings. The largest absolute Gasteiger partial charge is 0.481 e. The molecule has 23 heavy (non-hydrogen) atoms. The van der Waals surface area contributed by atoms with Gasteiger partial charge >= 0.3 is 5.97 Å². The molecular formula is C16H25N3O4. The van der Waals surface area contributed by atoms with E-state index < -0.39 is 11.4 Å². The molecule has 7 nitrogen and oxygen atoms in total. The van der Waals surface area contributed by atoms with Crippen molar-refractivity contribution in [3.63, 3.8) is 0 Å². The van der Waals surface area contributed by atoms with Crippen LogP contribution in [0.5, 0.6) is 0 Å². The van der Waals surface area contributed by atoms with Crippen molar-refractivity contribution < 1.29 is 19.4 Å². The van der Waals surface area contributed by atoms with Crippen molar-refractivity contribution in [2.24, 2.45) is 12.5 Å². The summed E-state index contributed by atoms with van der Waals surface area (Å²) in [5.41, 5.74) is 0.447. The second-order valence-electron chi connectivity index (χ2n) is 6.16. The highest BCUT2D eigenvalue weighted by Crippen LogP contribution is 2.34. The van der Waals surface area contributed by atoms with Gasteiger partial charge in [-0.05, 0) is 31.7 Å². The average Bonchev–Trinajstić information content (AvgIpc) is 2.93. The molecule has 0 aromatic carbocycles. The molecule has 0 aliphatic carbocycles. The minimum Gasteiger partial charge on any atom is -0.481 e. The van der Waals surface area contributed by atoms with E-state index in [4.69, 9.17) is 4.74 Å². The Morgan fingerprint density at radius 1 is 1.48 bits per heavy atom. The third-order valence-electron chi connectivity index (χ3n) is 4.61. The molecule has 1 N–H and O–H groups in total. The number of nitrogens with zero attached hydrogens (tertiary/aromatic N) is 3. The van der Waals surface area contributed by atoms with Gasteiger partial charge in [0, 0.05) is 33.9 Å². The third-order valence-corrected chi connectivity index (χ3v) is 4.61. The molecule has 0 bridgehead atoms. The number of hydrogen-bond acceptors (Lipinski definition) is 4. The normalized spacial score (nSPS) is 21.4. The van der Waals surface area contributed by atoms with Crippen molar-refractivity contribution in [1.29, 1.82) is 0 Å². The molecular weight excluding hydrogens is 298 g/mol. The van der Waals surface area contributed by atoms with Crippen LogP contribution in [0.15, 0.2) is 6.07 Å². The smallest absolute Gasteiger partial charge is 0.311 e. The maximum Gasteiger partial charge on any atom is 0.311 e. The van der Waals surface area contributed by atoms with Gasteiger partial charge in [0.15, 0.2) is 0 Å². The van der Waals surface area contributed by atoms with E-state index in [0.717, 1.165) is 12.1 Å². The third kappa shape index (κ3) is 3.55. The molecule has 1 saturated heterocycles. The first kappa shape index (κ1) is 17.5. The highest BCUT2D eigenvalue weighted by atomic mass is 16.5. The highest BCUT2D eigenvalue weighted by Gasteiger charge is 2.43. The first-order valence-corrected chi connectivity index (χ1v) is 7.98. The second-order valence-corrected chi connectivity index (χ2v) is 6.16. The molecule has 0 unspecified atom stereocenters. The number of likely N-dealkylation sites (tertiary alicyclic amines) is 1. The highest BCUT2D eigenvalue weighted by molar-refractivity contribution is 5.93. The molecule has 1 fully saturated rings. The van der Waals surface area contributed by atoms with E-state index in [9.17, 15) is 14.7 Å². The molecule has 2 rings (SSSR count). The SMILES string of the molecule is CCc1cc(C(=O)N2CCC[C@](CCOC)(C(=O)O)C2)n(C)n1. The van der Waals surface area contributed by atoms with E-state index in [1.165, 1.54) is 0 Å². The Balaban J connectivity index is 2.20. The molecule has 0 spiro atoms. The number of aromatic nitrogens is 2. The van der Waals surface area contributed by atoms with Gasteiger partial charge in [-0.15, -0.1) is 0 Å². The number of piperidine rings is 1. The summed E-state index contributed by atoms with van der Waals surface area (Å²) in [6.07, 6.45) is 2.42. The molecule has 1 atom stereocenters. The van der Waals surface area contributed by atoms with Crippen molar-refractivity contribution in [2.75, 3.05) is 26.8 Å². The fraction of sp³-hybridized carbons (Fsp3) is 0.688. The maximum atomic E-state index is 12.8. The number of aliphatic carboxylic acids is 1. The zero-order chi connectivity index (χ0) is 17.0. The molecule has 1 aromatic heterocycles. The number of carbonyl (C=O) groups excluding carboxylic acids is 1. The van der Waals surface area contributed by atoms with E-state index >= 15 is 0 Å². The van der Waals surface area contributed by atoms with Gasteiger partial charge in [-0.2, -0.15) is 5.10 Å². The molecule has 128 valence electrons. The zero-order valence-corrected chi connectivity index (χ0v) is 14.0. The topological polar surface area (TPSA) is 84.7 Å². The number of methoxy groups -OCH3 is 1. The van der Waals surface area contributed by atoms with Crippen LogP contribution in [0.25, 0.3) is 0 Å². The molecule has 2 heterocycles. The van der Waals surface area contributed by atoms with E-state index in [2.05, 4.69) is 5.10 Å². The van der Waals surface area contributed by atoms with E-state index in [0.29, 0.717) is 38.1 Å². The summed E-state index contributed by atoms with van der Waals surface area (Å²) in [5.74, 6) is -1.01. The minimum absolute atomic E-state index is 0.151. The Morgan fingerprint density at radius 2 is 2.22 bits per heavy atom. The molecule has 0 saturated carbocycles. The second kappa shape index (κ2) is 7.12. The number of carboxylic acid groups (broad SMARTS) is 1. The lowest BCUT2D eigenvalue weighted by atomic mass is 9.77. The Bertz CT molecular complexity index is 584. The van der Waals surface area contributed by atoms with Crippen LogP contribution in [0.1, 0.15) is 42.4 Å². The summed E-state index contributed by atoms with van der Waals surface area (Å²) >= 11 is 0. The van der Waals surface area contributed by atoms with Crippen LogP contribution in [0.2, 0.25) is 0 Å². The first-order valence-electron chi connectivity index (χ1n) is 7.98. The van der Waals surface area contributed by atoms with Crippen molar-refractivity contribution in [3.05, 3.63) is 17.5 Å². The number of ether oxygens (including phenoxy) is 1. The predicted molar refractivity (Wildman–Crippen MR) is 84.3 cm³/mol. The summed E-state index contributed by atoms with van der Waals surface area (Å²) in [6.45, 7) is 3.16. The summed E-state index contributed by atoms with van der Waals surface area (Å²) in [6, 6.07) is 1.79. The quantitative estimate of drug-likeness (QED) is 0.853. The fourth-order valence-electron chi connectivity index (χ4n) is 3.15. The van der Waals surface area contributed by atoms with Crippen LogP contribution in [0, 0.1) is 5.41 Å². The van der Waals surface area contributed by atoms with E-state index in [1.54, 1.807) is 29.8 Å². The lowest BCUT2D eigenvalue weighted by molar-refractivity contribution is -0.153. The number of carbonyl (C=O) groups is 2. The van der Waals surface area contributed by atoms with Gasteiger partial charge in [-0.3, -0.25) is 14.3 Å². The number of rotatable bonds is 6. The molecule has 0 radical (unpaired) electrons. The Hall–Kier alpha value is -1.89. The number of amides is 1. The lowest BCUT2D eigenvalue weighted by Gasteiger charge is -2.39. The summed E-state index contributed by atoms with van der Waals surface area (Å²) < 4.78 is 6.63. The van der Waals surface area contributed by atoms with E-state index in [-0.39, 0.29) is 12.5 Å². The van der Waals surface area contributed by atoms with Crippen LogP contribution in [0.4, 0.5) is 0 Å². The summed E-state index contributed by atoms with van der Waals surface area (Å²) in [7, 11) is 3.30. The van der Waals surface area contributed by atoms with Gasteiger partial charge in [-0.1, -0.05) is 6.92 Å². The van der Waals surface area contributed by atoms with Crippen LogP contribution in [-0.4, -0.2) is 58.5 Å². The van der Waals surface area contributed by atoms with Crippen LogP contribution in [-0.2, 0) is 23.0 Å². The van der Waals surface area contributed by atoms with Gasteiger partial charge in [0.05, 0.1) is 11.1 Å². The molecule has 1 aliphatic heterocycles. The monoisotopic (exact) mass is 323 g/mol. The first-order chi connectivity index (χ1) is 10.9. The van der Waals surface area contributed by atoms with Gasteiger partial charge < -0.3 is 14.7 Å². The summed E-state index contributed by atoms with van der Waals surface area (Å²) in [5, 5.41) is 14.0. The fourth-order valence-corrected chi connectivity index (χ4v) is 3.15. The average molecular weight is 323 g/mol. The molecule has 1 aromatic rings. The van der Waals surface area contributed by atoms with Crippen molar-refractivity contribution in [3.8, 4) is 0 Å². The zero-order valence-electron chi connectivity index (χ0n) is 14.0. The van der Waals surface area contributed by atoms with Gasteiger partial charge in [0.25, 0.3) is 5.91 Å². The summed E-state index contributed by atoms with van der Waals surface area (Å²) in [4.78, 5) is 26.2. The van der Waals surface area contributed by atoms with Crippen molar-refractivity contribution in [1.82, 2.24) is 14.7 Å². The van der Waals surface area contributed by atoms with Crippen LogP contribution < -0.4 is 0 Å². The van der Waals surface area contributed by atoms with Gasteiger partial charge in [-0.25, -0.2) is 0 Å². The minimum atomic E-state index is -0.921. The standard InChI is InChI=1S/C16H25N3O4/c1-4-12-10-13(18(2)17-12)14(20)19-8-5-6-16(11-19,15(21)22)7-9-23-3/h10H,4-9,11H2,1-3H3,(H,21,22)/t16-/m1/s1. The number of aryl methyl sites for hydroxylation is 2. The molecule has 7 heteroatoms. The lowest BCUT2D eigenvalue weighted by Crippen LogP contribution is -2.50. The Labute approximate surface area is 136 Å². The van der Waals surface area contributed by atoms with Crippen molar-refractivity contribution >= 4 is 11.9 Å². The van der Waals surface area contributed by atoms with Crippen LogP contribution in [0.3, 0.4) is 0 Å². The molecule has 1 amide bonds. The maximum absolute atomic E-state index is 12.8. The Morgan fingerprint density at radius 3 is 2.78 bits per heavy atom.